The van der Waals surface area contributed by atoms with E-state index in [1.807, 2.05) is 24.3 Å². The van der Waals surface area contributed by atoms with Crippen LogP contribution in [-0.2, 0) is 54.5 Å². The lowest BCUT2D eigenvalue weighted by molar-refractivity contribution is -0.166. The van der Waals surface area contributed by atoms with Crippen molar-refractivity contribution in [2.24, 2.45) is 0 Å². The molecule has 0 unspecified atom stereocenters. The summed E-state index contributed by atoms with van der Waals surface area (Å²) in [7, 11) is 0. The number of carbonyl (C=O) groups excluding carboxylic acids is 9. The average Bonchev–Trinajstić information content (AvgIpc) is 0.819. The molecule has 0 aliphatic carbocycles. The number of carbonyl (C=O) groups is 11. The zero-order chi connectivity index (χ0) is 74.1. The highest BCUT2D eigenvalue weighted by Crippen LogP contribution is 2.16. The average molecular weight is 1450 g/mol. The summed E-state index contributed by atoms with van der Waals surface area (Å²) in [6, 6.07) is 10.0. The first kappa shape index (κ1) is 83.1. The number of hydrogen-bond acceptors (Lipinski definition) is 22. The Kier molecular flexibility index (Phi) is 37.9. The second-order valence-corrected chi connectivity index (χ2v) is 23.9. The van der Waals surface area contributed by atoms with Crippen molar-refractivity contribution in [2.45, 2.75) is 148 Å². The van der Waals surface area contributed by atoms with Gasteiger partial charge in [-0.15, -0.1) is 0 Å². The summed E-state index contributed by atoms with van der Waals surface area (Å²) in [5.74, 6) is -8.46. The van der Waals surface area contributed by atoms with E-state index in [9.17, 15) is 83.4 Å². The Labute approximate surface area is 592 Å². The number of benzene rings is 2. The molecule has 2 heterocycles. The Hall–Kier alpha value is -10.3. The van der Waals surface area contributed by atoms with E-state index >= 15 is 0 Å². The molecular weight excluding hydrogens is 1360 g/mol. The molecule has 0 radical (unpaired) electrons. The van der Waals surface area contributed by atoms with Crippen molar-refractivity contribution in [2.75, 3.05) is 80.6 Å². The smallest absolute Gasteiger partial charge is 0.326 e. The van der Waals surface area contributed by atoms with E-state index in [0.29, 0.717) is 140 Å². The SMILES string of the molecule is CC(=O)N(O)CCCCCNC(=O)CCC(=O)N(O)CCCCCNC(=O)CCC(=O)N(O)CCCCCNC(=S)Nc1ccc(NC(=S)NCCCCCNC(=O)CNC(=O)[C@H](CC(=O)O)NC(=O)CC[C@H](NC(=O)c2ccc(NCc3cnc4nc(N)[nH]c(=O)c4n3)cc2)C(=O)O)cc1. The molecule has 0 bridgehead atoms. The van der Waals surface area contributed by atoms with Gasteiger partial charge >= 0.3 is 11.9 Å². The summed E-state index contributed by atoms with van der Waals surface area (Å²) in [4.78, 5) is 162. The number of hydrogen-bond donors (Lipinski definition) is 18. The second kappa shape index (κ2) is 46.1. The van der Waals surface area contributed by atoms with Crippen molar-refractivity contribution in [1.29, 1.82) is 0 Å². The number of aliphatic carboxylic acids is 2. The van der Waals surface area contributed by atoms with Gasteiger partial charge in [0.2, 0.25) is 53.2 Å². The summed E-state index contributed by atoms with van der Waals surface area (Å²) in [6.07, 6.45) is 6.49. The molecule has 0 fully saturated rings. The van der Waals surface area contributed by atoms with Crippen LogP contribution < -0.4 is 69.8 Å². The molecule has 0 saturated heterocycles. The largest absolute Gasteiger partial charge is 0.481 e. The Morgan fingerprint density at radius 1 is 0.545 bits per heavy atom. The van der Waals surface area contributed by atoms with Gasteiger partial charge in [-0.2, -0.15) is 4.98 Å². The van der Waals surface area contributed by atoms with Crippen LogP contribution >= 0.6 is 24.4 Å². The first-order valence-electron chi connectivity index (χ1n) is 32.9. The number of carboxylic acid groups (broad SMARTS) is 2. The maximum atomic E-state index is 13.0. The third-order valence-corrected chi connectivity index (χ3v) is 15.3. The molecule has 0 saturated carbocycles. The van der Waals surface area contributed by atoms with Gasteiger partial charge in [0.05, 0.1) is 31.4 Å². The van der Waals surface area contributed by atoms with E-state index < -0.39 is 96.7 Å². The van der Waals surface area contributed by atoms with Crippen LogP contribution in [-0.4, -0.2) is 207 Å². The summed E-state index contributed by atoms with van der Waals surface area (Å²) < 4.78 is 0. The quantitative estimate of drug-likeness (QED) is 0.0129. The lowest BCUT2D eigenvalue weighted by Gasteiger charge is -2.18. The molecule has 2 atom stereocenters. The van der Waals surface area contributed by atoms with E-state index in [0.717, 1.165) is 11.4 Å². The number of rotatable bonds is 47. The van der Waals surface area contributed by atoms with Crippen LogP contribution in [0.2, 0.25) is 0 Å². The Balaban J connectivity index is 0.965. The predicted molar refractivity (Wildman–Crippen MR) is 375 cm³/mol. The first-order valence-corrected chi connectivity index (χ1v) is 33.7. The van der Waals surface area contributed by atoms with Gasteiger partial charge in [-0.3, -0.25) is 73.3 Å². The highest BCUT2D eigenvalue weighted by Gasteiger charge is 2.27. The van der Waals surface area contributed by atoms with Crippen molar-refractivity contribution in [3.05, 3.63) is 76.3 Å². The van der Waals surface area contributed by atoms with Gasteiger partial charge in [-0.1, -0.05) is 0 Å². The molecule has 552 valence electrons. The van der Waals surface area contributed by atoms with Gasteiger partial charge in [0.15, 0.2) is 21.4 Å². The number of hydroxylamine groups is 6. The van der Waals surface area contributed by atoms with Crippen LogP contribution in [0.15, 0.2) is 59.5 Å². The van der Waals surface area contributed by atoms with Gasteiger partial charge < -0.3 is 74.4 Å². The number of unbranched alkanes of at least 4 members (excludes halogenated alkanes) is 8. The highest BCUT2D eigenvalue weighted by molar-refractivity contribution is 7.80. The van der Waals surface area contributed by atoms with Gasteiger partial charge in [0.1, 0.15) is 12.1 Å². The molecule has 101 heavy (non-hydrogen) atoms. The minimum absolute atomic E-state index is 0.00202. The number of aromatic amines is 1. The number of aromatic nitrogens is 4. The third-order valence-electron chi connectivity index (χ3n) is 14.8. The van der Waals surface area contributed by atoms with Crippen molar-refractivity contribution in [3.8, 4) is 0 Å². The number of H-pyrrole nitrogens is 1. The number of thiocarbonyl (C=S) groups is 2. The fourth-order valence-electron chi connectivity index (χ4n) is 9.24. The number of nitrogen functional groups attached to an aromatic ring is 1. The monoisotopic (exact) mass is 1450 g/mol. The van der Waals surface area contributed by atoms with Crippen molar-refractivity contribution in [1.82, 2.24) is 77.7 Å². The molecule has 4 rings (SSSR count). The molecule has 0 aliphatic rings. The van der Waals surface area contributed by atoms with Crippen LogP contribution in [0.3, 0.4) is 0 Å². The number of fused-ring (bicyclic) bond motifs is 1. The van der Waals surface area contributed by atoms with Crippen molar-refractivity contribution >= 4 is 134 Å². The number of carboxylic acids is 2. The number of nitrogens with one attached hydrogen (secondary N) is 12. The maximum absolute atomic E-state index is 13.0. The minimum Gasteiger partial charge on any atom is -0.481 e. The fourth-order valence-corrected chi connectivity index (χ4v) is 9.68. The summed E-state index contributed by atoms with van der Waals surface area (Å²) in [5.41, 5.74) is 7.54. The molecule has 2 aromatic carbocycles. The van der Waals surface area contributed by atoms with Gasteiger partial charge in [0.25, 0.3) is 11.5 Å². The second-order valence-electron chi connectivity index (χ2n) is 23.1. The minimum atomic E-state index is -1.61. The van der Waals surface area contributed by atoms with Crippen LogP contribution in [0.5, 0.6) is 0 Å². The number of nitrogens with zero attached hydrogens (tertiary/aromatic N) is 6. The lowest BCUT2D eigenvalue weighted by Crippen LogP contribution is -2.50. The number of anilines is 4. The first-order chi connectivity index (χ1) is 48.3. The standard InChI is InChI=1S/C63H91N19O17S2/c1-40(83)80(97)33-11-3-8-28-65-48(84)24-26-52(88)81(98)34-12-4-9-29-66-49(85)25-27-53(89)82(99)35-13-5-10-32-69-63(101)75-44-20-18-43(19-21-44)74-62(100)68-31-7-2-6-30-67-51(87)39-72-58(93)47(36-54(90)91)76-50(86)23-22-46(60(95)96)77-57(92)41-14-16-42(17-15-41)70-37-45-38-71-56-55(73-45)59(94)79-61(64)78-56/h14-21,38,46-47,70,97-99H,2-13,22-37,39H2,1H3,(H,65,84)(H,66,85)(H,67,87)(H,72,93)(H,76,86)(H,77,92)(H,90,91)(H,95,96)(H2,68,74,100)(H2,69,75,101)(H3,64,71,78,79,94)/t46-,47-/m0/s1. The highest BCUT2D eigenvalue weighted by atomic mass is 32.1. The predicted octanol–water partition coefficient (Wildman–Crippen LogP) is 1.48. The normalized spacial score (nSPS) is 11.3. The Bertz CT molecular complexity index is 3500. The molecule has 9 amide bonds. The molecule has 36 nitrogen and oxygen atoms in total. The van der Waals surface area contributed by atoms with E-state index in [1.54, 1.807) is 12.1 Å². The molecule has 38 heteroatoms. The van der Waals surface area contributed by atoms with Gasteiger partial charge in [0, 0.05) is 114 Å². The molecule has 0 spiro atoms. The van der Waals surface area contributed by atoms with E-state index in [1.165, 1.54) is 25.3 Å². The molecule has 2 aromatic heterocycles. The van der Waals surface area contributed by atoms with Gasteiger partial charge in [-0.25, -0.2) is 30.0 Å². The zero-order valence-electron chi connectivity index (χ0n) is 56.1. The lowest BCUT2D eigenvalue weighted by atomic mass is 10.1. The van der Waals surface area contributed by atoms with Crippen LogP contribution in [0.1, 0.15) is 145 Å². The van der Waals surface area contributed by atoms with Gasteiger partial charge in [-0.05, 0) is 156 Å². The summed E-state index contributed by atoms with van der Waals surface area (Å²) in [6.45, 7) is 3.28. The molecule has 4 aromatic rings. The Morgan fingerprint density at radius 2 is 1.02 bits per heavy atom. The maximum Gasteiger partial charge on any atom is 0.326 e. The van der Waals surface area contributed by atoms with E-state index in [4.69, 9.17) is 30.2 Å². The summed E-state index contributed by atoms with van der Waals surface area (Å²) >= 11 is 10.8. The van der Waals surface area contributed by atoms with Crippen LogP contribution in [0.25, 0.3) is 11.2 Å². The third kappa shape index (κ3) is 34.8. The van der Waals surface area contributed by atoms with Crippen molar-refractivity contribution in [3.63, 3.8) is 0 Å². The Morgan fingerprint density at radius 3 is 1.51 bits per heavy atom. The topological polar surface area (TPSA) is 529 Å². The van der Waals surface area contributed by atoms with Crippen LogP contribution in [0, 0.1) is 0 Å². The molecule has 0 aliphatic heterocycles. The molecular formula is C63H91N19O17S2. The van der Waals surface area contributed by atoms with Crippen LogP contribution in [0.4, 0.5) is 23.0 Å². The summed E-state index contributed by atoms with van der Waals surface area (Å²) in [5, 5.41) is 81.9. The fraction of sp³-hybridized carbons (Fsp3) is 0.508. The van der Waals surface area contributed by atoms with Crippen molar-refractivity contribution < 1.29 is 78.6 Å². The van der Waals surface area contributed by atoms with E-state index in [2.05, 4.69) is 78.4 Å². The molecule has 19 N–H and O–H groups in total. The number of amides is 9. The zero-order valence-corrected chi connectivity index (χ0v) is 57.7. The number of nitrogens with two attached hydrogens (primary N) is 1. The van der Waals surface area contributed by atoms with E-state index in [-0.39, 0.29) is 92.9 Å².